The predicted octanol–water partition coefficient (Wildman–Crippen LogP) is 2.59. The van der Waals surface area contributed by atoms with Gasteiger partial charge in [0.2, 0.25) is 5.91 Å². The largest absolute Gasteiger partial charge is 0.342 e. The Balaban J connectivity index is 2.59. The van der Waals surface area contributed by atoms with Crippen LogP contribution < -0.4 is 5.32 Å². The van der Waals surface area contributed by atoms with E-state index in [2.05, 4.69) is 45.9 Å². The summed E-state index contributed by atoms with van der Waals surface area (Å²) in [6.45, 7) is 10.6. The Hall–Kier alpha value is -0.970. The molecule has 2 heteroatoms. The van der Waals surface area contributed by atoms with Gasteiger partial charge in [0.1, 0.15) is 0 Å². The molecule has 0 aromatic carbocycles. The normalized spacial score (nSPS) is 23.2. The number of carbonyl (C=O) groups is 1. The molecule has 0 spiro atoms. The van der Waals surface area contributed by atoms with Gasteiger partial charge in [0.15, 0.2) is 0 Å². The molecule has 90 valence electrons. The van der Waals surface area contributed by atoms with Crippen molar-refractivity contribution in [2.24, 2.45) is 16.7 Å². The summed E-state index contributed by atoms with van der Waals surface area (Å²) < 4.78 is 0. The fourth-order valence-corrected chi connectivity index (χ4v) is 2.59. The van der Waals surface area contributed by atoms with Crippen molar-refractivity contribution >= 4 is 5.91 Å². The van der Waals surface area contributed by atoms with Crippen molar-refractivity contribution in [1.29, 1.82) is 0 Å². The number of carbonyl (C=O) groups excluding carboxylic acids is 1. The molecule has 0 aromatic heterocycles. The Bertz CT molecular complexity index is 308. The van der Waals surface area contributed by atoms with E-state index >= 15 is 0 Å². The van der Waals surface area contributed by atoms with Gasteiger partial charge in [0, 0.05) is 5.92 Å². The van der Waals surface area contributed by atoms with Crippen molar-refractivity contribution < 1.29 is 4.79 Å². The lowest BCUT2D eigenvalue weighted by atomic mass is 10.0. The molecule has 0 bridgehead atoms. The third-order valence-corrected chi connectivity index (χ3v) is 4.38. The third kappa shape index (κ3) is 1.96. The van der Waals surface area contributed by atoms with E-state index in [0.29, 0.717) is 0 Å². The summed E-state index contributed by atoms with van der Waals surface area (Å²) in [5.74, 6) is 2.85. The Morgan fingerprint density at radius 2 is 1.88 bits per heavy atom. The molecule has 1 atom stereocenters. The topological polar surface area (TPSA) is 29.1 Å². The van der Waals surface area contributed by atoms with Crippen LogP contribution in [0.1, 0.15) is 47.5 Å². The first-order valence-corrected chi connectivity index (χ1v) is 6.05. The summed E-state index contributed by atoms with van der Waals surface area (Å²) in [5, 5.41) is 2.97. The molecular weight excluding hydrogens is 198 g/mol. The molecule has 1 amide bonds. The highest BCUT2D eigenvalue weighted by Crippen LogP contribution is 2.68. The predicted molar refractivity (Wildman–Crippen MR) is 66.7 cm³/mol. The lowest BCUT2D eigenvalue weighted by Gasteiger charge is -2.12. The maximum atomic E-state index is 12.1. The molecule has 0 heterocycles. The summed E-state index contributed by atoms with van der Waals surface area (Å²) in [5.41, 5.74) is 0.172. The van der Waals surface area contributed by atoms with Crippen molar-refractivity contribution in [3.05, 3.63) is 0 Å². The highest BCUT2D eigenvalue weighted by molar-refractivity contribution is 5.84. The fraction of sp³-hybridized carbons (Fsp3) is 0.786. The number of terminal acetylenes is 1. The molecule has 2 nitrogen and oxygen atoms in total. The van der Waals surface area contributed by atoms with Crippen LogP contribution in [0.15, 0.2) is 0 Å². The van der Waals surface area contributed by atoms with Gasteiger partial charge >= 0.3 is 0 Å². The van der Waals surface area contributed by atoms with Gasteiger partial charge in [0.05, 0.1) is 6.04 Å². The zero-order chi connectivity index (χ0) is 12.6. The van der Waals surface area contributed by atoms with E-state index in [4.69, 9.17) is 6.42 Å². The maximum absolute atomic E-state index is 12.1. The molecular formula is C14H23NO. The summed E-state index contributed by atoms with van der Waals surface area (Å²) in [6.07, 6.45) is 7.25. The van der Waals surface area contributed by atoms with E-state index in [-0.39, 0.29) is 28.7 Å². The molecule has 0 radical (unpaired) electrons. The minimum absolute atomic E-state index is 0.0858. The first-order valence-electron chi connectivity index (χ1n) is 6.05. The smallest absolute Gasteiger partial charge is 0.225 e. The van der Waals surface area contributed by atoms with Gasteiger partial charge in [-0.3, -0.25) is 4.79 Å². The quantitative estimate of drug-likeness (QED) is 0.726. The zero-order valence-corrected chi connectivity index (χ0v) is 11.1. The zero-order valence-electron chi connectivity index (χ0n) is 11.1. The van der Waals surface area contributed by atoms with E-state index in [1.165, 1.54) is 0 Å². The number of hydrogen-bond donors (Lipinski definition) is 1. The first kappa shape index (κ1) is 13.1. The van der Waals surface area contributed by atoms with Crippen LogP contribution in [-0.2, 0) is 4.79 Å². The second-order valence-electron chi connectivity index (χ2n) is 5.89. The Morgan fingerprint density at radius 1 is 1.38 bits per heavy atom. The van der Waals surface area contributed by atoms with Gasteiger partial charge < -0.3 is 5.32 Å². The van der Waals surface area contributed by atoms with E-state index in [1.807, 2.05) is 0 Å². The van der Waals surface area contributed by atoms with Gasteiger partial charge in [-0.05, 0) is 17.3 Å². The third-order valence-electron chi connectivity index (χ3n) is 4.38. The van der Waals surface area contributed by atoms with Crippen molar-refractivity contribution in [3.8, 4) is 12.3 Å². The van der Waals surface area contributed by atoms with Gasteiger partial charge in [-0.2, -0.15) is 0 Å². The van der Waals surface area contributed by atoms with Crippen LogP contribution in [-0.4, -0.2) is 11.9 Å². The molecule has 1 unspecified atom stereocenters. The number of rotatable bonds is 4. The standard InChI is InChI=1S/C14H23NO/c1-7-9-10(8-2)15-12(16)11-13(3,4)14(11,5)6/h2,10-11H,7,9H2,1,3-6H3,(H,15,16). The van der Waals surface area contributed by atoms with E-state index in [9.17, 15) is 4.79 Å². The summed E-state index contributed by atoms with van der Waals surface area (Å²) in [4.78, 5) is 12.1. The number of hydrogen-bond acceptors (Lipinski definition) is 1. The van der Waals surface area contributed by atoms with Crippen LogP contribution in [0, 0.1) is 29.1 Å². The lowest BCUT2D eigenvalue weighted by Crippen LogP contribution is -2.36. The SMILES string of the molecule is C#CC(CCC)NC(=O)C1C(C)(C)C1(C)C. The monoisotopic (exact) mass is 221 g/mol. The molecule has 0 aromatic rings. The number of nitrogens with one attached hydrogen (secondary N) is 1. The summed E-state index contributed by atoms with van der Waals surface area (Å²) in [6, 6.07) is -0.107. The van der Waals surface area contributed by atoms with E-state index < -0.39 is 0 Å². The minimum atomic E-state index is -0.107. The average Bonchev–Trinajstić information content (AvgIpc) is 2.56. The fourth-order valence-electron chi connectivity index (χ4n) is 2.59. The Morgan fingerprint density at radius 3 is 2.19 bits per heavy atom. The van der Waals surface area contributed by atoms with Crippen molar-refractivity contribution in [3.63, 3.8) is 0 Å². The molecule has 1 saturated carbocycles. The molecule has 0 aliphatic heterocycles. The van der Waals surface area contributed by atoms with Crippen LogP contribution in [0.3, 0.4) is 0 Å². The second-order valence-corrected chi connectivity index (χ2v) is 5.89. The second kappa shape index (κ2) is 4.13. The maximum Gasteiger partial charge on any atom is 0.225 e. The molecule has 1 fully saturated rings. The van der Waals surface area contributed by atoms with E-state index in [1.54, 1.807) is 0 Å². The summed E-state index contributed by atoms with van der Waals surface area (Å²) in [7, 11) is 0. The van der Waals surface area contributed by atoms with Crippen molar-refractivity contribution in [2.75, 3.05) is 0 Å². The van der Waals surface area contributed by atoms with Gasteiger partial charge in [-0.25, -0.2) is 0 Å². The Labute approximate surface area is 99.2 Å². The van der Waals surface area contributed by atoms with Crippen LogP contribution in [0.25, 0.3) is 0 Å². The minimum Gasteiger partial charge on any atom is -0.342 e. The van der Waals surface area contributed by atoms with Crippen LogP contribution in [0.5, 0.6) is 0 Å². The van der Waals surface area contributed by atoms with Crippen molar-refractivity contribution in [2.45, 2.75) is 53.5 Å². The van der Waals surface area contributed by atoms with Crippen molar-refractivity contribution in [1.82, 2.24) is 5.32 Å². The molecule has 1 aliphatic rings. The Kier molecular flexibility index (Phi) is 3.38. The van der Waals surface area contributed by atoms with Crippen LogP contribution >= 0.6 is 0 Å². The van der Waals surface area contributed by atoms with E-state index in [0.717, 1.165) is 12.8 Å². The van der Waals surface area contributed by atoms with Gasteiger partial charge in [-0.1, -0.05) is 47.0 Å². The van der Waals surface area contributed by atoms with Gasteiger partial charge in [0.25, 0.3) is 0 Å². The average molecular weight is 221 g/mol. The molecule has 16 heavy (non-hydrogen) atoms. The molecule has 1 N–H and O–H groups in total. The highest BCUT2D eigenvalue weighted by atomic mass is 16.2. The molecule has 1 aliphatic carbocycles. The molecule has 1 rings (SSSR count). The van der Waals surface area contributed by atoms with Gasteiger partial charge in [-0.15, -0.1) is 6.42 Å². The van der Waals surface area contributed by atoms with Crippen LogP contribution in [0.4, 0.5) is 0 Å². The first-order chi connectivity index (χ1) is 7.29. The highest BCUT2D eigenvalue weighted by Gasteiger charge is 2.68. The number of amides is 1. The molecule has 0 saturated heterocycles. The summed E-state index contributed by atoms with van der Waals surface area (Å²) >= 11 is 0. The van der Waals surface area contributed by atoms with Crippen LogP contribution in [0.2, 0.25) is 0 Å². The lowest BCUT2D eigenvalue weighted by molar-refractivity contribution is -0.123.